The zero-order chi connectivity index (χ0) is 11.0. The van der Waals surface area contributed by atoms with Gasteiger partial charge in [0.15, 0.2) is 0 Å². The molecule has 0 radical (unpaired) electrons. The molecule has 1 fully saturated rings. The van der Waals surface area contributed by atoms with E-state index in [-0.39, 0.29) is 0 Å². The summed E-state index contributed by atoms with van der Waals surface area (Å²) >= 11 is 0. The molecule has 1 aromatic rings. The van der Waals surface area contributed by atoms with E-state index in [0.717, 1.165) is 0 Å². The predicted octanol–water partition coefficient (Wildman–Crippen LogP) is 3.30. The summed E-state index contributed by atoms with van der Waals surface area (Å²) in [5.41, 5.74) is 6.43. The van der Waals surface area contributed by atoms with E-state index in [1.165, 1.54) is 45.1 Å². The van der Waals surface area contributed by atoms with Gasteiger partial charge in [0.1, 0.15) is 0 Å². The van der Waals surface area contributed by atoms with Gasteiger partial charge in [-0.3, -0.25) is 0 Å². The molecule has 0 unspecified atom stereocenters. The highest BCUT2D eigenvalue weighted by molar-refractivity contribution is 5.43. The highest BCUT2D eigenvalue weighted by Crippen LogP contribution is 2.32. The van der Waals surface area contributed by atoms with Gasteiger partial charge in [0.05, 0.1) is 0 Å². The maximum absolute atomic E-state index is 3.62. The van der Waals surface area contributed by atoms with Crippen LogP contribution in [0.25, 0.3) is 0 Å². The number of hydrogen-bond acceptors (Lipinski definition) is 1. The minimum Gasteiger partial charge on any atom is -0.310 e. The Labute approximate surface area is 98.3 Å². The van der Waals surface area contributed by atoms with E-state index < -0.39 is 0 Å². The summed E-state index contributed by atoms with van der Waals surface area (Å²) in [7, 11) is 0. The van der Waals surface area contributed by atoms with Crippen LogP contribution in [0.4, 0.5) is 0 Å². The zero-order valence-electron chi connectivity index (χ0n) is 10.2. The Morgan fingerprint density at radius 1 is 1.12 bits per heavy atom. The van der Waals surface area contributed by atoms with Crippen LogP contribution in [0, 0.1) is 6.92 Å². The Kier molecular flexibility index (Phi) is 2.72. The summed E-state index contributed by atoms with van der Waals surface area (Å²) < 4.78 is 0. The fourth-order valence-corrected chi connectivity index (χ4v) is 3.36. The van der Waals surface area contributed by atoms with E-state index in [9.17, 15) is 0 Å². The summed E-state index contributed by atoms with van der Waals surface area (Å²) in [6, 6.07) is 5.39. The minimum absolute atomic E-state index is 0.632. The highest BCUT2D eigenvalue weighted by Gasteiger charge is 2.21. The van der Waals surface area contributed by atoms with Gasteiger partial charge in [-0.05, 0) is 74.2 Å². The first kappa shape index (κ1) is 10.3. The number of benzene rings is 1. The van der Waals surface area contributed by atoms with Crippen LogP contribution < -0.4 is 5.32 Å². The van der Waals surface area contributed by atoms with Gasteiger partial charge < -0.3 is 5.32 Å². The van der Waals surface area contributed by atoms with E-state index in [0.29, 0.717) is 6.04 Å². The fourth-order valence-electron chi connectivity index (χ4n) is 3.36. The van der Waals surface area contributed by atoms with Crippen LogP contribution in [0.15, 0.2) is 12.1 Å². The Bertz CT molecular complexity index is 389. The molecular formula is C15H21N. The van der Waals surface area contributed by atoms with Crippen LogP contribution in [0.5, 0.6) is 0 Å². The first-order valence-electron chi connectivity index (χ1n) is 6.71. The average Bonchev–Trinajstić information content (AvgIpc) is 2.83. The molecule has 0 spiro atoms. The van der Waals surface area contributed by atoms with E-state index in [1.54, 1.807) is 22.3 Å². The van der Waals surface area contributed by atoms with Gasteiger partial charge in [-0.2, -0.15) is 0 Å². The van der Waals surface area contributed by atoms with Crippen LogP contribution in [-0.4, -0.2) is 6.54 Å². The number of fused-ring (bicyclic) bond motifs is 1. The van der Waals surface area contributed by atoms with Crippen LogP contribution in [0.1, 0.15) is 54.0 Å². The van der Waals surface area contributed by atoms with Gasteiger partial charge >= 0.3 is 0 Å². The van der Waals surface area contributed by atoms with Crippen molar-refractivity contribution in [1.29, 1.82) is 0 Å². The van der Waals surface area contributed by atoms with E-state index in [2.05, 4.69) is 24.4 Å². The summed E-state index contributed by atoms with van der Waals surface area (Å²) in [5.74, 6) is 0. The molecule has 1 aliphatic carbocycles. The Hall–Kier alpha value is -0.820. The Balaban J connectivity index is 1.99. The third-order valence-corrected chi connectivity index (χ3v) is 4.30. The lowest BCUT2D eigenvalue weighted by Gasteiger charge is -2.23. The molecule has 1 saturated heterocycles. The first-order valence-corrected chi connectivity index (χ1v) is 6.71. The maximum atomic E-state index is 3.62. The molecule has 0 saturated carbocycles. The van der Waals surface area contributed by atoms with Crippen LogP contribution in [0.3, 0.4) is 0 Å². The third kappa shape index (κ3) is 1.67. The van der Waals surface area contributed by atoms with Crippen molar-refractivity contribution in [2.45, 2.75) is 51.5 Å². The summed E-state index contributed by atoms with van der Waals surface area (Å²) in [4.78, 5) is 0. The molecule has 16 heavy (non-hydrogen) atoms. The van der Waals surface area contributed by atoms with Gasteiger partial charge in [0.25, 0.3) is 0 Å². The fraction of sp³-hybridized carbons (Fsp3) is 0.600. The molecule has 1 aliphatic heterocycles. The van der Waals surface area contributed by atoms with Crippen molar-refractivity contribution >= 4 is 0 Å². The number of aryl methyl sites for hydroxylation is 1. The SMILES string of the molecule is Cc1c([C@@H]2CCCN2)ccc2c1CCCC2. The van der Waals surface area contributed by atoms with Gasteiger partial charge in [-0.1, -0.05) is 12.1 Å². The molecule has 0 aromatic heterocycles. The molecule has 86 valence electrons. The molecule has 1 heterocycles. The standard InChI is InChI=1S/C15H21N/c1-11-13-6-3-2-5-12(13)8-9-14(11)15-7-4-10-16-15/h8-9,15-16H,2-7,10H2,1H3/t15-/m0/s1. The lowest BCUT2D eigenvalue weighted by Crippen LogP contribution is -2.16. The average molecular weight is 215 g/mol. The van der Waals surface area contributed by atoms with Crippen LogP contribution >= 0.6 is 0 Å². The van der Waals surface area contributed by atoms with Crippen molar-refractivity contribution in [3.05, 3.63) is 34.4 Å². The molecule has 0 bridgehead atoms. The number of rotatable bonds is 1. The van der Waals surface area contributed by atoms with E-state index in [4.69, 9.17) is 0 Å². The molecular weight excluding hydrogens is 194 g/mol. The summed E-state index contributed by atoms with van der Waals surface area (Å²) in [6.07, 6.45) is 8.03. The van der Waals surface area contributed by atoms with Crippen molar-refractivity contribution in [3.63, 3.8) is 0 Å². The molecule has 2 aliphatic rings. The van der Waals surface area contributed by atoms with Gasteiger partial charge in [0.2, 0.25) is 0 Å². The second-order valence-electron chi connectivity index (χ2n) is 5.27. The Morgan fingerprint density at radius 2 is 2.00 bits per heavy atom. The quantitative estimate of drug-likeness (QED) is 0.758. The third-order valence-electron chi connectivity index (χ3n) is 4.30. The lowest BCUT2D eigenvalue weighted by atomic mass is 9.85. The second kappa shape index (κ2) is 4.21. The molecule has 1 N–H and O–H groups in total. The van der Waals surface area contributed by atoms with Gasteiger partial charge in [-0.25, -0.2) is 0 Å². The number of hydrogen-bond donors (Lipinski definition) is 1. The van der Waals surface area contributed by atoms with Crippen molar-refractivity contribution in [1.82, 2.24) is 5.32 Å². The normalized spacial score (nSPS) is 24.4. The second-order valence-corrected chi connectivity index (χ2v) is 5.27. The molecule has 0 amide bonds. The highest BCUT2D eigenvalue weighted by atomic mass is 14.9. The van der Waals surface area contributed by atoms with Crippen LogP contribution in [-0.2, 0) is 12.8 Å². The van der Waals surface area contributed by atoms with E-state index >= 15 is 0 Å². The summed E-state index contributed by atoms with van der Waals surface area (Å²) in [6.45, 7) is 3.53. The van der Waals surface area contributed by atoms with Crippen LogP contribution in [0.2, 0.25) is 0 Å². The minimum atomic E-state index is 0.632. The van der Waals surface area contributed by atoms with Crippen molar-refractivity contribution in [2.24, 2.45) is 0 Å². The number of nitrogens with one attached hydrogen (secondary N) is 1. The smallest absolute Gasteiger partial charge is 0.0323 e. The maximum Gasteiger partial charge on any atom is 0.0323 e. The van der Waals surface area contributed by atoms with Gasteiger partial charge in [0, 0.05) is 6.04 Å². The lowest BCUT2D eigenvalue weighted by molar-refractivity contribution is 0.632. The Morgan fingerprint density at radius 3 is 2.81 bits per heavy atom. The van der Waals surface area contributed by atoms with Gasteiger partial charge in [-0.15, -0.1) is 0 Å². The first-order chi connectivity index (χ1) is 7.86. The topological polar surface area (TPSA) is 12.0 Å². The van der Waals surface area contributed by atoms with E-state index in [1.807, 2.05) is 0 Å². The molecule has 1 atom stereocenters. The van der Waals surface area contributed by atoms with Crippen molar-refractivity contribution in [3.8, 4) is 0 Å². The summed E-state index contributed by atoms with van der Waals surface area (Å²) in [5, 5.41) is 3.62. The monoisotopic (exact) mass is 215 g/mol. The predicted molar refractivity (Wildman–Crippen MR) is 67.8 cm³/mol. The molecule has 1 heteroatoms. The molecule has 1 nitrogen and oxygen atoms in total. The van der Waals surface area contributed by atoms with Crippen molar-refractivity contribution in [2.75, 3.05) is 6.54 Å². The van der Waals surface area contributed by atoms with Crippen molar-refractivity contribution < 1.29 is 0 Å². The molecule has 1 aromatic carbocycles. The largest absolute Gasteiger partial charge is 0.310 e. The molecule has 3 rings (SSSR count). The zero-order valence-corrected chi connectivity index (χ0v) is 10.2.